The Hall–Kier alpha value is -0.780. The van der Waals surface area contributed by atoms with Crippen LogP contribution in [0.3, 0.4) is 0 Å². The van der Waals surface area contributed by atoms with Crippen LogP contribution in [0.1, 0.15) is 34.6 Å². The fourth-order valence-electron chi connectivity index (χ4n) is 0.706. The summed E-state index contributed by atoms with van der Waals surface area (Å²) in [6, 6.07) is 0. The molecular formula is C13H32N2O7S. The number of carbonyl (C=O) groups excluding carboxylic acids is 1. The Bertz CT molecular complexity index is 346. The first-order valence-corrected chi connectivity index (χ1v) is 9.16. The number of nitrogens with zero attached hydrogens (tertiary/aromatic N) is 1. The topological polar surface area (TPSA) is 103 Å². The zero-order valence-corrected chi connectivity index (χ0v) is 16.1. The molecule has 0 aliphatic rings. The van der Waals surface area contributed by atoms with E-state index in [9.17, 15) is 13.2 Å². The number of amides is 1. The summed E-state index contributed by atoms with van der Waals surface area (Å²) in [4.78, 5) is 27.9. The molecule has 0 fully saturated rings. The first-order chi connectivity index (χ1) is 10.7. The van der Waals surface area contributed by atoms with Crippen molar-refractivity contribution in [2.45, 2.75) is 34.6 Å². The Morgan fingerprint density at radius 2 is 1.35 bits per heavy atom. The molecule has 0 aromatic carbocycles. The lowest BCUT2D eigenvalue weighted by molar-refractivity contribution is -0.303. The third-order valence-corrected chi connectivity index (χ3v) is 2.98. The summed E-state index contributed by atoms with van der Waals surface area (Å²) in [6.07, 6.45) is 1.10. The molecule has 0 bridgehead atoms. The van der Waals surface area contributed by atoms with Gasteiger partial charge in [-0.2, -0.15) is 4.31 Å². The molecule has 142 valence electrons. The van der Waals surface area contributed by atoms with Crippen molar-refractivity contribution < 1.29 is 32.8 Å². The van der Waals surface area contributed by atoms with Gasteiger partial charge in [0.1, 0.15) is 6.73 Å². The summed E-state index contributed by atoms with van der Waals surface area (Å²) in [7, 11) is -1.74. The fraction of sp³-hybridized carbons (Fsp3) is 0.923. The molecule has 0 aliphatic heterocycles. The Balaban J connectivity index is -0.000000284. The van der Waals surface area contributed by atoms with Gasteiger partial charge in [-0.1, -0.05) is 0 Å². The normalized spacial score (nSPS) is 10.3. The van der Waals surface area contributed by atoms with E-state index in [-0.39, 0.29) is 12.6 Å². The fourth-order valence-corrected chi connectivity index (χ4v) is 0.941. The monoisotopic (exact) mass is 360 g/mol. The second kappa shape index (κ2) is 19.3. The van der Waals surface area contributed by atoms with E-state index in [2.05, 4.69) is 24.9 Å². The number of hydrogen-bond acceptors (Lipinski definition) is 7. The van der Waals surface area contributed by atoms with Crippen LogP contribution in [-0.4, -0.2) is 65.0 Å². The molecule has 0 saturated carbocycles. The van der Waals surface area contributed by atoms with Gasteiger partial charge in [0.25, 0.3) is 0 Å². The van der Waals surface area contributed by atoms with E-state index in [4.69, 9.17) is 0 Å². The predicted molar refractivity (Wildman–Crippen MR) is 87.8 cm³/mol. The minimum absolute atomic E-state index is 0.0394. The van der Waals surface area contributed by atoms with Crippen LogP contribution in [0.5, 0.6) is 0 Å². The number of nitrogens with one attached hydrogen (secondary N) is 1. The standard InChI is InChI=1S/C5H13NO4S.C4H9NO.C4H10O2/c1-4-9-10-5-6(2)11(3,7)8;1-3-5-4(2)6;1-3-5-6-4-2/h4-5H2,1-3H3;3H2,1-2H3,(H,5,6);3-4H2,1-2H3. The van der Waals surface area contributed by atoms with Gasteiger partial charge in [-0.15, -0.1) is 0 Å². The van der Waals surface area contributed by atoms with Crippen LogP contribution in [0.15, 0.2) is 0 Å². The first-order valence-electron chi connectivity index (χ1n) is 7.31. The Morgan fingerprint density at radius 3 is 1.57 bits per heavy atom. The van der Waals surface area contributed by atoms with Gasteiger partial charge in [0, 0.05) is 20.5 Å². The molecule has 1 amide bonds. The highest BCUT2D eigenvalue weighted by molar-refractivity contribution is 7.88. The molecule has 0 aliphatic carbocycles. The van der Waals surface area contributed by atoms with E-state index in [1.807, 2.05) is 20.8 Å². The van der Waals surface area contributed by atoms with Gasteiger partial charge in [0.2, 0.25) is 15.9 Å². The molecule has 0 radical (unpaired) electrons. The number of hydrogen-bond donors (Lipinski definition) is 1. The largest absolute Gasteiger partial charge is 0.357 e. The summed E-state index contributed by atoms with van der Waals surface area (Å²) in [5.74, 6) is 0.0394. The quantitative estimate of drug-likeness (QED) is 0.282. The first kappa shape index (κ1) is 27.1. The van der Waals surface area contributed by atoms with Gasteiger partial charge in [-0.05, 0) is 27.7 Å². The lowest BCUT2D eigenvalue weighted by Crippen LogP contribution is -2.28. The van der Waals surface area contributed by atoms with Crippen LogP contribution in [0.4, 0.5) is 0 Å². The lowest BCUT2D eigenvalue weighted by atomic mass is 10.6. The zero-order chi connectivity index (χ0) is 18.7. The van der Waals surface area contributed by atoms with Crippen molar-refractivity contribution in [1.29, 1.82) is 0 Å². The molecule has 0 atom stereocenters. The average molecular weight is 360 g/mol. The van der Waals surface area contributed by atoms with Crippen LogP contribution < -0.4 is 5.32 Å². The van der Waals surface area contributed by atoms with E-state index in [1.54, 1.807) is 6.92 Å². The highest BCUT2D eigenvalue weighted by Gasteiger charge is 2.09. The molecule has 0 heterocycles. The third-order valence-electron chi connectivity index (χ3n) is 1.75. The van der Waals surface area contributed by atoms with Crippen LogP contribution in [-0.2, 0) is 34.4 Å². The van der Waals surface area contributed by atoms with Gasteiger partial charge in [0.05, 0.1) is 26.1 Å². The average Bonchev–Trinajstić information content (AvgIpc) is 2.45. The Labute approximate surface area is 140 Å². The molecule has 9 nitrogen and oxygen atoms in total. The van der Waals surface area contributed by atoms with Crippen molar-refractivity contribution in [3.63, 3.8) is 0 Å². The highest BCUT2D eigenvalue weighted by atomic mass is 32.2. The van der Waals surface area contributed by atoms with Gasteiger partial charge in [-0.3, -0.25) is 4.79 Å². The summed E-state index contributed by atoms with van der Waals surface area (Å²) in [5.41, 5.74) is 0. The maximum Gasteiger partial charge on any atom is 0.216 e. The lowest BCUT2D eigenvalue weighted by Gasteiger charge is -2.12. The van der Waals surface area contributed by atoms with Gasteiger partial charge in [-0.25, -0.2) is 28.0 Å². The second-order valence-electron chi connectivity index (χ2n) is 3.91. The number of sulfonamides is 1. The second-order valence-corrected chi connectivity index (χ2v) is 6.00. The molecule has 10 heteroatoms. The third kappa shape index (κ3) is 29.8. The summed E-state index contributed by atoms with van der Waals surface area (Å²) < 4.78 is 22.5. The summed E-state index contributed by atoms with van der Waals surface area (Å²) in [6.45, 7) is 11.2. The number of rotatable bonds is 9. The van der Waals surface area contributed by atoms with Crippen molar-refractivity contribution >= 4 is 15.9 Å². The van der Waals surface area contributed by atoms with Crippen molar-refractivity contribution in [1.82, 2.24) is 9.62 Å². The Kier molecular flexibility index (Phi) is 22.7. The van der Waals surface area contributed by atoms with Crippen LogP contribution in [0.2, 0.25) is 0 Å². The smallest absolute Gasteiger partial charge is 0.216 e. The summed E-state index contributed by atoms with van der Waals surface area (Å²) >= 11 is 0. The predicted octanol–water partition coefficient (Wildman–Crippen LogP) is 0.920. The molecule has 0 aromatic rings. The molecule has 0 rings (SSSR count). The van der Waals surface area contributed by atoms with Crippen LogP contribution in [0, 0.1) is 0 Å². The minimum atomic E-state index is -3.15. The molecule has 0 unspecified atom stereocenters. The highest BCUT2D eigenvalue weighted by Crippen LogP contribution is 1.92. The molecule has 23 heavy (non-hydrogen) atoms. The minimum Gasteiger partial charge on any atom is -0.357 e. The molecule has 0 spiro atoms. The van der Waals surface area contributed by atoms with Crippen LogP contribution in [0.25, 0.3) is 0 Å². The zero-order valence-electron chi connectivity index (χ0n) is 15.2. The molecule has 0 aromatic heterocycles. The van der Waals surface area contributed by atoms with Gasteiger partial charge >= 0.3 is 0 Å². The Morgan fingerprint density at radius 1 is 0.957 bits per heavy atom. The van der Waals surface area contributed by atoms with E-state index in [1.165, 1.54) is 14.0 Å². The molecular weight excluding hydrogens is 328 g/mol. The van der Waals surface area contributed by atoms with Crippen molar-refractivity contribution in [2.24, 2.45) is 0 Å². The maximum absolute atomic E-state index is 10.7. The maximum atomic E-state index is 10.7. The van der Waals surface area contributed by atoms with E-state index < -0.39 is 10.0 Å². The molecule has 0 saturated heterocycles. The van der Waals surface area contributed by atoms with Crippen LogP contribution >= 0.6 is 0 Å². The number of carbonyl (C=O) groups is 1. The van der Waals surface area contributed by atoms with Crippen molar-refractivity contribution in [2.75, 3.05) is 46.4 Å². The van der Waals surface area contributed by atoms with Crippen molar-refractivity contribution in [3.8, 4) is 0 Å². The summed E-state index contributed by atoms with van der Waals surface area (Å²) in [5, 5.41) is 2.57. The van der Waals surface area contributed by atoms with Gasteiger partial charge < -0.3 is 5.32 Å². The SMILES string of the molecule is CCNC(C)=O.CCOOCC.CCOOCN(C)S(C)(=O)=O. The van der Waals surface area contributed by atoms with Gasteiger partial charge in [0.15, 0.2) is 0 Å². The van der Waals surface area contributed by atoms with E-state index in [0.29, 0.717) is 19.8 Å². The van der Waals surface area contributed by atoms with E-state index >= 15 is 0 Å². The van der Waals surface area contributed by atoms with Crippen molar-refractivity contribution in [3.05, 3.63) is 0 Å². The van der Waals surface area contributed by atoms with E-state index in [0.717, 1.165) is 17.1 Å². The molecule has 1 N–H and O–H groups in total.